The van der Waals surface area contributed by atoms with Crippen molar-refractivity contribution >= 4 is 37.1 Å². The highest BCUT2D eigenvalue weighted by atomic mass is 35.5. The van der Waals surface area contributed by atoms with Crippen LogP contribution in [0.3, 0.4) is 0 Å². The molecule has 4 nitrogen and oxygen atoms in total. The molecule has 0 spiro atoms. The van der Waals surface area contributed by atoms with Gasteiger partial charge in [0.15, 0.2) is 0 Å². The van der Waals surface area contributed by atoms with E-state index >= 15 is 0 Å². The van der Waals surface area contributed by atoms with E-state index in [-0.39, 0.29) is 5.28 Å². The van der Waals surface area contributed by atoms with Crippen molar-refractivity contribution < 1.29 is 6.11 Å². The van der Waals surface area contributed by atoms with Gasteiger partial charge < -0.3 is 9.64 Å². The van der Waals surface area contributed by atoms with Crippen molar-refractivity contribution in [1.82, 2.24) is 9.97 Å². The first-order valence-corrected chi connectivity index (χ1v) is 12.2. The van der Waals surface area contributed by atoms with Crippen LogP contribution in [0.1, 0.15) is 25.7 Å². The lowest BCUT2D eigenvalue weighted by molar-refractivity contribution is 0.146. The number of anilines is 1. The summed E-state index contributed by atoms with van der Waals surface area (Å²) in [6, 6.07) is 1.12. The molecule has 0 bridgehead atoms. The second-order valence-corrected chi connectivity index (χ2v) is 13.6. The highest BCUT2D eigenvalue weighted by Gasteiger charge is 2.42. The molecule has 1 atom stereocenters. The third-order valence-corrected chi connectivity index (χ3v) is 6.26. The molecule has 1 fully saturated rings. The van der Waals surface area contributed by atoms with E-state index in [9.17, 15) is 0 Å². The van der Waals surface area contributed by atoms with Crippen molar-refractivity contribution in [2.75, 3.05) is 24.8 Å². The lowest BCUT2D eigenvalue weighted by atomic mass is 9.99. The summed E-state index contributed by atoms with van der Waals surface area (Å²) in [4.78, 5) is 10.4. The van der Waals surface area contributed by atoms with Gasteiger partial charge in [0.2, 0.25) is 5.28 Å². The van der Waals surface area contributed by atoms with Gasteiger partial charge in [-0.05, 0) is 36.4 Å². The maximum atomic E-state index is 8.90. The summed E-state index contributed by atoms with van der Waals surface area (Å²) in [6.45, 7) is 8.70. The highest BCUT2D eigenvalue weighted by Crippen LogP contribution is 2.50. The van der Waals surface area contributed by atoms with Crippen LogP contribution in [0.4, 0.5) is 5.82 Å². The Morgan fingerprint density at radius 2 is 2.05 bits per heavy atom. The second kappa shape index (κ2) is 6.27. The van der Waals surface area contributed by atoms with Crippen molar-refractivity contribution in [1.29, 1.82) is 0 Å². The van der Waals surface area contributed by atoms with Gasteiger partial charge in [-0.3, -0.25) is 0 Å². The third-order valence-electron chi connectivity index (χ3n) is 4.11. The van der Waals surface area contributed by atoms with Gasteiger partial charge in [0.05, 0.1) is 0 Å². The normalized spacial score (nSPS) is 25.3. The molecule has 2 heterocycles. The number of ether oxygens (including phenoxy) is 1. The molecule has 0 saturated heterocycles. The molecule has 0 amide bonds. The average Bonchev–Trinajstić information content (AvgIpc) is 3.21. The number of hydrogen-bond donors (Lipinski definition) is 0. The number of nitrogens with zero attached hydrogens (tertiary/aromatic N) is 3. The fourth-order valence-electron chi connectivity index (χ4n) is 2.69. The Bertz CT molecular complexity index is 609. The predicted octanol–water partition coefficient (Wildman–Crippen LogP) is 4.41. The van der Waals surface area contributed by atoms with Crippen LogP contribution in [0.15, 0.2) is 0 Å². The molecule has 0 N–H and O–H groups in total. The third kappa shape index (κ3) is 3.75. The lowest BCUT2D eigenvalue weighted by Gasteiger charge is -2.21. The molecule has 1 unspecified atom stereocenters. The van der Waals surface area contributed by atoms with E-state index < -0.39 is 14.0 Å². The van der Waals surface area contributed by atoms with Crippen LogP contribution >= 0.6 is 23.2 Å². The monoisotopic (exact) mass is 360 g/mol. The van der Waals surface area contributed by atoms with Crippen LogP contribution in [0.5, 0.6) is 0 Å². The van der Waals surface area contributed by atoms with Crippen LogP contribution in [0.2, 0.25) is 36.1 Å². The van der Waals surface area contributed by atoms with E-state index in [1.807, 2.05) is 4.90 Å². The van der Waals surface area contributed by atoms with Gasteiger partial charge in [0, 0.05) is 34.1 Å². The Labute approximate surface area is 144 Å². The topological polar surface area (TPSA) is 38.2 Å². The molecule has 0 radical (unpaired) electrons. The molecular weight excluding hydrogens is 337 g/mol. The molecule has 1 aromatic rings. The van der Waals surface area contributed by atoms with Crippen LogP contribution in [0, 0.1) is 5.92 Å². The van der Waals surface area contributed by atoms with Crippen molar-refractivity contribution in [3.05, 3.63) is 16.0 Å². The van der Waals surface area contributed by atoms with Gasteiger partial charge in [-0.2, -0.15) is 0 Å². The van der Waals surface area contributed by atoms with Crippen molar-refractivity contribution in [2.45, 2.75) is 44.4 Å². The summed E-state index contributed by atoms with van der Waals surface area (Å²) in [5.74, 6) is 0.263. The number of aromatic nitrogens is 2. The number of halogens is 2. The summed E-state index contributed by atoms with van der Waals surface area (Å²) in [5, 5.41) is 0.437. The van der Waals surface area contributed by atoms with Gasteiger partial charge in [-0.25, -0.2) is 9.97 Å². The molecule has 0 aromatic carbocycles. The summed E-state index contributed by atoms with van der Waals surface area (Å²) in [7, 11) is -1.11. The van der Waals surface area contributed by atoms with E-state index in [0.717, 1.165) is 31.1 Å². The fourth-order valence-corrected chi connectivity index (χ4v) is 3.94. The molecule has 1 aliphatic carbocycles. The maximum Gasteiger partial charge on any atom is 0.225 e. The zero-order chi connectivity index (χ0) is 16.8. The highest BCUT2D eigenvalue weighted by molar-refractivity contribution is 6.76. The molecule has 22 heavy (non-hydrogen) atoms. The SMILES string of the molecule is [2H]C1(C2CC2)CN(COCC[Si](C)(C)C)c2nc(Cl)nc(Cl)c21. The molecule has 1 aliphatic heterocycles. The molecule has 122 valence electrons. The molecule has 1 aromatic heterocycles. The van der Waals surface area contributed by atoms with E-state index in [1.165, 1.54) is 0 Å². The Balaban J connectivity index is 1.76. The van der Waals surface area contributed by atoms with Crippen molar-refractivity contribution in [3.63, 3.8) is 0 Å². The lowest BCUT2D eigenvalue weighted by Crippen LogP contribution is -2.28. The largest absolute Gasteiger partial charge is 0.361 e. The quantitative estimate of drug-likeness (QED) is 0.326. The zero-order valence-electron chi connectivity index (χ0n) is 14.3. The predicted molar refractivity (Wildman–Crippen MR) is 93.8 cm³/mol. The molecule has 2 aliphatic rings. The molecular formula is C15H23Cl2N3OSi. The minimum Gasteiger partial charge on any atom is -0.361 e. The van der Waals surface area contributed by atoms with E-state index in [0.29, 0.717) is 30.2 Å². The van der Waals surface area contributed by atoms with Crippen molar-refractivity contribution in [2.24, 2.45) is 5.92 Å². The van der Waals surface area contributed by atoms with Gasteiger partial charge in [0.25, 0.3) is 0 Å². The standard InChI is InChI=1S/C15H23Cl2N3OSi/c1-22(2,3)7-6-21-9-20-8-11(10-4-5-10)12-13(16)18-15(17)19-14(12)20/h10-11H,4-9H2,1-3H3/i11D. The van der Waals surface area contributed by atoms with Crippen LogP contribution in [0.25, 0.3) is 0 Å². The minimum absolute atomic E-state index is 0.126. The maximum absolute atomic E-state index is 8.90. The fraction of sp³-hybridized carbons (Fsp3) is 0.733. The van der Waals surface area contributed by atoms with Crippen LogP contribution in [-0.4, -0.2) is 37.9 Å². The van der Waals surface area contributed by atoms with Gasteiger partial charge in [-0.15, -0.1) is 0 Å². The van der Waals surface area contributed by atoms with Crippen LogP contribution in [-0.2, 0) is 4.74 Å². The summed E-state index contributed by atoms with van der Waals surface area (Å²) in [6.07, 6.45) is 2.12. The number of rotatable bonds is 6. The molecule has 7 heteroatoms. The van der Waals surface area contributed by atoms with Crippen molar-refractivity contribution in [3.8, 4) is 0 Å². The Morgan fingerprint density at radius 1 is 1.32 bits per heavy atom. The molecule has 1 saturated carbocycles. The first kappa shape index (κ1) is 15.2. The summed E-state index contributed by atoms with van der Waals surface area (Å²) < 4.78 is 14.8. The first-order valence-electron chi connectivity index (χ1n) is 8.27. The number of fused-ring (bicyclic) bond motifs is 1. The Kier molecular flexibility index (Phi) is 4.32. The summed E-state index contributed by atoms with van der Waals surface area (Å²) >= 11 is 12.3. The van der Waals surface area contributed by atoms with E-state index in [4.69, 9.17) is 29.3 Å². The van der Waals surface area contributed by atoms with E-state index in [1.54, 1.807) is 0 Å². The minimum atomic E-state index is -1.11. The zero-order valence-corrected chi connectivity index (χ0v) is 15.8. The smallest absolute Gasteiger partial charge is 0.225 e. The Hall–Kier alpha value is -0.363. The summed E-state index contributed by atoms with van der Waals surface area (Å²) in [5.41, 5.74) is 0.722. The van der Waals surface area contributed by atoms with Crippen LogP contribution < -0.4 is 4.90 Å². The number of hydrogen-bond acceptors (Lipinski definition) is 4. The Morgan fingerprint density at radius 3 is 2.68 bits per heavy atom. The van der Waals surface area contributed by atoms with Gasteiger partial charge >= 0.3 is 0 Å². The first-order chi connectivity index (χ1) is 10.7. The second-order valence-electron chi connectivity index (χ2n) is 7.33. The van der Waals surface area contributed by atoms with Gasteiger partial charge in [-0.1, -0.05) is 31.2 Å². The van der Waals surface area contributed by atoms with Gasteiger partial charge in [0.1, 0.15) is 17.7 Å². The van der Waals surface area contributed by atoms with E-state index in [2.05, 4.69) is 29.6 Å². The average molecular weight is 361 g/mol. The molecule has 3 rings (SSSR count).